The lowest BCUT2D eigenvalue weighted by Gasteiger charge is -2.20. The highest BCUT2D eigenvalue weighted by atomic mass is 14.9. The average Bonchev–Trinajstić information content (AvgIpc) is 2.50. The Bertz CT molecular complexity index is 775. The number of nitrogens with zero attached hydrogens (tertiary/aromatic N) is 2. The molecule has 0 aliphatic heterocycles. The van der Waals surface area contributed by atoms with Crippen LogP contribution in [0.2, 0.25) is 0 Å². The molecule has 106 valence electrons. The monoisotopic (exact) mass is 277 g/mol. The van der Waals surface area contributed by atoms with Gasteiger partial charge in [-0.15, -0.1) is 0 Å². The molecule has 3 aromatic rings. The van der Waals surface area contributed by atoms with Gasteiger partial charge in [0.2, 0.25) is 0 Å². The minimum Gasteiger partial charge on any atom is -0.309 e. The van der Waals surface area contributed by atoms with Gasteiger partial charge in [0.05, 0.1) is 11.6 Å². The molecule has 1 aromatic carbocycles. The Morgan fingerprint density at radius 2 is 1.81 bits per heavy atom. The molecule has 2 heterocycles. The van der Waals surface area contributed by atoms with Crippen molar-refractivity contribution in [1.82, 2.24) is 15.3 Å². The van der Waals surface area contributed by atoms with Crippen molar-refractivity contribution in [2.45, 2.75) is 19.9 Å². The highest BCUT2D eigenvalue weighted by Gasteiger charge is 2.17. The number of fused-ring (bicyclic) bond motifs is 1. The second-order valence-electron chi connectivity index (χ2n) is 5.27. The zero-order chi connectivity index (χ0) is 14.8. The molecular weight excluding hydrogens is 258 g/mol. The Labute approximate surface area is 125 Å². The van der Waals surface area contributed by atoms with Crippen molar-refractivity contribution in [3.8, 4) is 0 Å². The molecule has 0 amide bonds. The molecule has 0 aliphatic carbocycles. The van der Waals surface area contributed by atoms with E-state index in [-0.39, 0.29) is 6.04 Å². The van der Waals surface area contributed by atoms with Crippen LogP contribution in [0.25, 0.3) is 10.9 Å². The smallest absolute Gasteiger partial charge is 0.0705 e. The third kappa shape index (κ3) is 2.52. The van der Waals surface area contributed by atoms with E-state index in [1.807, 2.05) is 32.3 Å². The fourth-order valence-electron chi connectivity index (χ4n) is 2.86. The topological polar surface area (TPSA) is 37.8 Å². The number of aromatic nitrogens is 2. The molecule has 1 N–H and O–H groups in total. The number of pyridine rings is 2. The van der Waals surface area contributed by atoms with E-state index in [4.69, 9.17) is 0 Å². The van der Waals surface area contributed by atoms with Gasteiger partial charge >= 0.3 is 0 Å². The first kappa shape index (κ1) is 13.7. The van der Waals surface area contributed by atoms with Gasteiger partial charge in [0.25, 0.3) is 0 Å². The number of hydrogen-bond acceptors (Lipinski definition) is 3. The van der Waals surface area contributed by atoms with Gasteiger partial charge in [-0.3, -0.25) is 9.97 Å². The molecular formula is C18H19N3. The average molecular weight is 277 g/mol. The SMILES string of the molecule is CNC(c1ccc(C)nc1C)c1cccc2ncccc12. The standard InChI is InChI=1S/C18H19N3/c1-12-9-10-14(13(2)21-12)18(19-3)16-6-4-8-17-15(16)7-5-11-20-17/h4-11,18-19H,1-3H3. The first-order valence-corrected chi connectivity index (χ1v) is 7.16. The van der Waals surface area contributed by atoms with Crippen LogP contribution in [0.4, 0.5) is 0 Å². The van der Waals surface area contributed by atoms with E-state index in [0.717, 1.165) is 16.9 Å². The summed E-state index contributed by atoms with van der Waals surface area (Å²) in [6, 6.07) is 14.7. The van der Waals surface area contributed by atoms with E-state index >= 15 is 0 Å². The summed E-state index contributed by atoms with van der Waals surface area (Å²) < 4.78 is 0. The second kappa shape index (κ2) is 5.62. The molecule has 0 radical (unpaired) electrons. The summed E-state index contributed by atoms with van der Waals surface area (Å²) >= 11 is 0. The van der Waals surface area contributed by atoms with Crippen LogP contribution < -0.4 is 5.32 Å². The van der Waals surface area contributed by atoms with E-state index in [2.05, 4.69) is 52.5 Å². The Morgan fingerprint density at radius 1 is 0.952 bits per heavy atom. The number of hydrogen-bond donors (Lipinski definition) is 1. The van der Waals surface area contributed by atoms with Crippen molar-refractivity contribution >= 4 is 10.9 Å². The van der Waals surface area contributed by atoms with Crippen LogP contribution in [0.1, 0.15) is 28.6 Å². The van der Waals surface area contributed by atoms with Gasteiger partial charge in [-0.2, -0.15) is 0 Å². The van der Waals surface area contributed by atoms with Crippen LogP contribution in [0.3, 0.4) is 0 Å². The fraction of sp³-hybridized carbons (Fsp3) is 0.222. The van der Waals surface area contributed by atoms with Crippen LogP contribution in [0.15, 0.2) is 48.7 Å². The van der Waals surface area contributed by atoms with E-state index < -0.39 is 0 Å². The number of aryl methyl sites for hydroxylation is 2. The van der Waals surface area contributed by atoms with Crippen molar-refractivity contribution in [1.29, 1.82) is 0 Å². The van der Waals surface area contributed by atoms with Crippen molar-refractivity contribution in [2.75, 3.05) is 7.05 Å². The molecule has 2 aromatic heterocycles. The maximum atomic E-state index is 4.59. The van der Waals surface area contributed by atoms with E-state index in [1.54, 1.807) is 0 Å². The van der Waals surface area contributed by atoms with Crippen molar-refractivity contribution in [2.24, 2.45) is 0 Å². The molecule has 3 nitrogen and oxygen atoms in total. The summed E-state index contributed by atoms with van der Waals surface area (Å²) in [5.41, 5.74) is 5.57. The summed E-state index contributed by atoms with van der Waals surface area (Å²) in [5.74, 6) is 0. The van der Waals surface area contributed by atoms with Crippen LogP contribution in [-0.4, -0.2) is 17.0 Å². The number of nitrogens with one attached hydrogen (secondary N) is 1. The Hall–Kier alpha value is -2.26. The van der Waals surface area contributed by atoms with E-state index in [1.165, 1.54) is 16.5 Å². The van der Waals surface area contributed by atoms with E-state index in [0.29, 0.717) is 0 Å². The molecule has 0 aliphatic rings. The quantitative estimate of drug-likeness (QED) is 0.795. The van der Waals surface area contributed by atoms with E-state index in [9.17, 15) is 0 Å². The summed E-state index contributed by atoms with van der Waals surface area (Å²) in [7, 11) is 1.99. The van der Waals surface area contributed by atoms with Crippen molar-refractivity contribution in [3.63, 3.8) is 0 Å². The predicted octanol–water partition coefficient (Wildman–Crippen LogP) is 3.56. The molecule has 3 heteroatoms. The zero-order valence-corrected chi connectivity index (χ0v) is 12.6. The highest BCUT2D eigenvalue weighted by Crippen LogP contribution is 2.29. The summed E-state index contributed by atoms with van der Waals surface area (Å²) in [5, 5.41) is 4.60. The summed E-state index contributed by atoms with van der Waals surface area (Å²) in [6.45, 7) is 4.09. The minimum atomic E-state index is 0.117. The van der Waals surface area contributed by atoms with Crippen molar-refractivity contribution < 1.29 is 0 Å². The summed E-state index contributed by atoms with van der Waals surface area (Å²) in [4.78, 5) is 9.04. The van der Waals surface area contributed by atoms with Gasteiger partial charge in [0.15, 0.2) is 0 Å². The Morgan fingerprint density at radius 3 is 2.57 bits per heavy atom. The van der Waals surface area contributed by atoms with Gasteiger partial charge in [-0.05, 0) is 50.2 Å². The molecule has 1 atom stereocenters. The largest absolute Gasteiger partial charge is 0.309 e. The Balaban J connectivity index is 2.18. The van der Waals surface area contributed by atoms with Gasteiger partial charge in [-0.25, -0.2) is 0 Å². The molecule has 3 rings (SSSR count). The normalized spacial score (nSPS) is 12.5. The van der Waals surface area contributed by atoms with Crippen LogP contribution in [0, 0.1) is 13.8 Å². The van der Waals surface area contributed by atoms with Gasteiger partial charge in [0.1, 0.15) is 0 Å². The summed E-state index contributed by atoms with van der Waals surface area (Å²) in [6.07, 6.45) is 1.83. The number of benzene rings is 1. The molecule has 1 unspecified atom stereocenters. The van der Waals surface area contributed by atoms with Crippen LogP contribution in [0.5, 0.6) is 0 Å². The zero-order valence-electron chi connectivity index (χ0n) is 12.6. The molecule has 0 saturated heterocycles. The van der Waals surface area contributed by atoms with Gasteiger partial charge in [0, 0.05) is 23.0 Å². The lowest BCUT2D eigenvalue weighted by molar-refractivity contribution is 0.687. The maximum absolute atomic E-state index is 4.59. The molecule has 21 heavy (non-hydrogen) atoms. The Kier molecular flexibility index (Phi) is 3.67. The minimum absolute atomic E-state index is 0.117. The first-order chi connectivity index (χ1) is 10.2. The maximum Gasteiger partial charge on any atom is 0.0705 e. The van der Waals surface area contributed by atoms with Crippen molar-refractivity contribution in [3.05, 3.63) is 71.2 Å². The second-order valence-corrected chi connectivity index (χ2v) is 5.27. The van der Waals surface area contributed by atoms with Gasteiger partial charge < -0.3 is 5.32 Å². The first-order valence-electron chi connectivity index (χ1n) is 7.16. The lowest BCUT2D eigenvalue weighted by Crippen LogP contribution is -2.19. The lowest BCUT2D eigenvalue weighted by atomic mass is 9.94. The molecule has 0 fully saturated rings. The molecule has 0 saturated carbocycles. The molecule has 0 bridgehead atoms. The van der Waals surface area contributed by atoms with Gasteiger partial charge in [-0.1, -0.05) is 24.3 Å². The fourth-order valence-corrected chi connectivity index (χ4v) is 2.86. The highest BCUT2D eigenvalue weighted by molar-refractivity contribution is 5.83. The predicted molar refractivity (Wildman–Crippen MR) is 86.4 cm³/mol. The number of rotatable bonds is 3. The third-order valence-electron chi connectivity index (χ3n) is 3.86. The third-order valence-corrected chi connectivity index (χ3v) is 3.86. The van der Waals surface area contributed by atoms with Crippen LogP contribution >= 0.6 is 0 Å². The van der Waals surface area contributed by atoms with Crippen LogP contribution in [-0.2, 0) is 0 Å². The molecule has 0 spiro atoms.